The molecule has 1 aromatic carbocycles. The maximum atomic E-state index is 13.5. The zero-order valence-corrected chi connectivity index (χ0v) is 11.2. The van der Waals surface area contributed by atoms with Gasteiger partial charge in [-0.15, -0.1) is 0 Å². The lowest BCUT2D eigenvalue weighted by molar-refractivity contribution is 0.0692. The topological polar surface area (TPSA) is 82.8 Å². The molecule has 2 N–H and O–H groups in total. The number of aromatic carboxylic acids is 1. The lowest BCUT2D eigenvalue weighted by Crippen LogP contribution is -2.30. The molecular formula is C14H13FN2O4. The van der Waals surface area contributed by atoms with Crippen LogP contribution < -0.4 is 5.32 Å². The van der Waals surface area contributed by atoms with Gasteiger partial charge in [-0.3, -0.25) is 0 Å². The third-order valence-corrected chi connectivity index (χ3v) is 2.77. The maximum Gasteiger partial charge on any atom is 0.338 e. The van der Waals surface area contributed by atoms with Gasteiger partial charge in [0.05, 0.1) is 18.4 Å². The molecule has 21 heavy (non-hydrogen) atoms. The number of nitrogens with zero attached hydrogens (tertiary/aromatic N) is 1. The predicted octanol–water partition coefficient (Wildman–Crippen LogP) is 2.78. The fraction of sp³-hybridized carbons (Fsp3) is 0.143. The average Bonchev–Trinajstić information content (AvgIpc) is 2.91. The lowest BCUT2D eigenvalue weighted by atomic mass is 10.2. The average molecular weight is 292 g/mol. The molecule has 0 unspecified atom stereocenters. The van der Waals surface area contributed by atoms with Gasteiger partial charge in [-0.1, -0.05) is 0 Å². The molecule has 2 amide bonds. The highest BCUT2D eigenvalue weighted by Gasteiger charge is 2.14. The van der Waals surface area contributed by atoms with E-state index < -0.39 is 23.4 Å². The summed E-state index contributed by atoms with van der Waals surface area (Å²) in [5.74, 6) is -1.66. The van der Waals surface area contributed by atoms with Crippen molar-refractivity contribution in [3.63, 3.8) is 0 Å². The molecule has 0 aliphatic heterocycles. The first-order valence-corrected chi connectivity index (χ1v) is 6.04. The Hall–Kier alpha value is -2.83. The van der Waals surface area contributed by atoms with Crippen LogP contribution >= 0.6 is 0 Å². The van der Waals surface area contributed by atoms with E-state index in [9.17, 15) is 14.0 Å². The van der Waals surface area contributed by atoms with E-state index in [1.165, 1.54) is 17.2 Å². The molecule has 7 heteroatoms. The normalized spacial score (nSPS) is 10.2. The number of carboxylic acids is 1. The van der Waals surface area contributed by atoms with E-state index in [1.54, 1.807) is 19.2 Å². The Morgan fingerprint density at radius 2 is 2.14 bits per heavy atom. The molecule has 0 aliphatic carbocycles. The fourth-order valence-corrected chi connectivity index (χ4v) is 1.69. The summed E-state index contributed by atoms with van der Waals surface area (Å²) >= 11 is 0. The van der Waals surface area contributed by atoms with E-state index in [0.29, 0.717) is 5.76 Å². The van der Waals surface area contributed by atoms with Gasteiger partial charge in [0, 0.05) is 12.7 Å². The van der Waals surface area contributed by atoms with Crippen LogP contribution in [0.5, 0.6) is 0 Å². The van der Waals surface area contributed by atoms with Crippen LogP contribution in [0.2, 0.25) is 0 Å². The van der Waals surface area contributed by atoms with Gasteiger partial charge in [0.25, 0.3) is 0 Å². The van der Waals surface area contributed by atoms with Crippen LogP contribution in [0.1, 0.15) is 16.1 Å². The second kappa shape index (κ2) is 6.08. The van der Waals surface area contributed by atoms with Crippen molar-refractivity contribution in [1.82, 2.24) is 4.90 Å². The molecule has 110 valence electrons. The predicted molar refractivity (Wildman–Crippen MR) is 72.6 cm³/mol. The maximum absolute atomic E-state index is 13.5. The molecule has 0 fully saturated rings. The molecule has 0 atom stereocenters. The molecule has 0 bridgehead atoms. The third-order valence-electron chi connectivity index (χ3n) is 2.77. The summed E-state index contributed by atoms with van der Waals surface area (Å²) in [5.41, 5.74) is -0.272. The minimum Gasteiger partial charge on any atom is -0.478 e. The first-order valence-electron chi connectivity index (χ1n) is 6.04. The van der Waals surface area contributed by atoms with Crippen molar-refractivity contribution in [3.8, 4) is 0 Å². The highest BCUT2D eigenvalue weighted by molar-refractivity contribution is 5.91. The Bertz CT molecular complexity index is 655. The molecule has 1 aromatic heterocycles. The Morgan fingerprint density at radius 3 is 2.71 bits per heavy atom. The van der Waals surface area contributed by atoms with E-state index in [0.717, 1.165) is 12.1 Å². The van der Waals surface area contributed by atoms with Gasteiger partial charge in [-0.2, -0.15) is 0 Å². The largest absolute Gasteiger partial charge is 0.478 e. The number of carbonyl (C=O) groups is 2. The molecule has 1 heterocycles. The number of carboxylic acid groups (broad SMARTS) is 1. The van der Waals surface area contributed by atoms with Crippen molar-refractivity contribution in [1.29, 1.82) is 0 Å². The first-order chi connectivity index (χ1) is 9.97. The van der Waals surface area contributed by atoms with Gasteiger partial charge in [-0.25, -0.2) is 14.0 Å². The number of rotatable bonds is 4. The molecule has 0 saturated carbocycles. The quantitative estimate of drug-likeness (QED) is 0.907. The Kier molecular flexibility index (Phi) is 4.22. The molecule has 0 saturated heterocycles. The highest BCUT2D eigenvalue weighted by Crippen LogP contribution is 2.15. The smallest absolute Gasteiger partial charge is 0.338 e. The fourth-order valence-electron chi connectivity index (χ4n) is 1.69. The SMILES string of the molecule is CN(Cc1ccco1)C(=O)Nc1ccc(C(=O)O)c(F)c1. The van der Waals surface area contributed by atoms with Gasteiger partial charge >= 0.3 is 12.0 Å². The van der Waals surface area contributed by atoms with E-state index in [-0.39, 0.29) is 12.2 Å². The number of hydrogen-bond acceptors (Lipinski definition) is 3. The van der Waals surface area contributed by atoms with Crippen molar-refractivity contribution < 1.29 is 23.5 Å². The summed E-state index contributed by atoms with van der Waals surface area (Å²) in [7, 11) is 1.56. The summed E-state index contributed by atoms with van der Waals surface area (Å²) < 4.78 is 18.6. The number of anilines is 1. The van der Waals surface area contributed by atoms with Crippen LogP contribution in [0.3, 0.4) is 0 Å². The number of furan rings is 1. The Balaban J connectivity index is 2.02. The minimum atomic E-state index is -1.36. The second-order valence-electron chi connectivity index (χ2n) is 4.37. The molecular weight excluding hydrogens is 279 g/mol. The van der Waals surface area contributed by atoms with Crippen LogP contribution in [0, 0.1) is 5.82 Å². The van der Waals surface area contributed by atoms with Crippen molar-refractivity contribution >= 4 is 17.7 Å². The van der Waals surface area contributed by atoms with Crippen molar-refractivity contribution in [3.05, 3.63) is 53.7 Å². The summed E-state index contributed by atoms with van der Waals surface area (Å²) in [6, 6.07) is 6.35. The molecule has 0 spiro atoms. The number of benzene rings is 1. The van der Waals surface area contributed by atoms with E-state index in [1.807, 2.05) is 0 Å². The number of urea groups is 1. The third kappa shape index (κ3) is 3.59. The molecule has 0 radical (unpaired) electrons. The summed E-state index contributed by atoms with van der Waals surface area (Å²) in [6.07, 6.45) is 1.50. The monoisotopic (exact) mass is 292 g/mol. The van der Waals surface area contributed by atoms with Crippen LogP contribution in [0.4, 0.5) is 14.9 Å². The number of carbonyl (C=O) groups excluding carboxylic acids is 1. The van der Waals surface area contributed by atoms with Crippen LogP contribution in [-0.2, 0) is 6.54 Å². The molecule has 2 aromatic rings. The second-order valence-corrected chi connectivity index (χ2v) is 4.37. The molecule has 6 nitrogen and oxygen atoms in total. The van der Waals surface area contributed by atoms with Crippen LogP contribution in [-0.4, -0.2) is 29.1 Å². The standard InChI is InChI=1S/C14H13FN2O4/c1-17(8-10-3-2-6-21-10)14(20)16-9-4-5-11(13(18)19)12(15)7-9/h2-7H,8H2,1H3,(H,16,20)(H,18,19). The number of hydrogen-bond donors (Lipinski definition) is 2. The number of halogens is 1. The molecule has 2 rings (SSSR count). The molecule has 0 aliphatic rings. The minimum absolute atomic E-state index is 0.175. The summed E-state index contributed by atoms with van der Waals surface area (Å²) in [6.45, 7) is 0.258. The summed E-state index contributed by atoms with van der Waals surface area (Å²) in [5, 5.41) is 11.2. The van der Waals surface area contributed by atoms with Gasteiger partial charge in [0.15, 0.2) is 0 Å². The van der Waals surface area contributed by atoms with Crippen LogP contribution in [0.25, 0.3) is 0 Å². The van der Waals surface area contributed by atoms with Crippen molar-refractivity contribution in [2.75, 3.05) is 12.4 Å². The number of nitrogens with one attached hydrogen (secondary N) is 1. The summed E-state index contributed by atoms with van der Waals surface area (Å²) in [4.78, 5) is 23.9. The Labute approximate surface area is 119 Å². The number of amides is 2. The van der Waals surface area contributed by atoms with E-state index in [4.69, 9.17) is 9.52 Å². The van der Waals surface area contributed by atoms with Crippen molar-refractivity contribution in [2.45, 2.75) is 6.54 Å². The Morgan fingerprint density at radius 1 is 1.38 bits per heavy atom. The van der Waals surface area contributed by atoms with E-state index >= 15 is 0 Å². The zero-order valence-electron chi connectivity index (χ0n) is 11.2. The lowest BCUT2D eigenvalue weighted by Gasteiger charge is -2.16. The van der Waals surface area contributed by atoms with Gasteiger partial charge in [0.2, 0.25) is 0 Å². The highest BCUT2D eigenvalue weighted by atomic mass is 19.1. The zero-order chi connectivity index (χ0) is 15.4. The van der Waals surface area contributed by atoms with Gasteiger partial charge in [0.1, 0.15) is 11.6 Å². The van der Waals surface area contributed by atoms with E-state index in [2.05, 4.69) is 5.32 Å². The van der Waals surface area contributed by atoms with Crippen molar-refractivity contribution in [2.24, 2.45) is 0 Å². The van der Waals surface area contributed by atoms with Crippen LogP contribution in [0.15, 0.2) is 41.0 Å². The van der Waals surface area contributed by atoms with Gasteiger partial charge < -0.3 is 19.7 Å². The van der Waals surface area contributed by atoms with Gasteiger partial charge in [-0.05, 0) is 30.3 Å². The first kappa shape index (κ1) is 14.6.